The number of benzene rings is 3. The Bertz CT molecular complexity index is 1150. The molecular weight excluding hydrogens is 390 g/mol. The normalized spacial score (nSPS) is 10.8. The number of fused-ring (bicyclic) bond motifs is 1. The van der Waals surface area contributed by atoms with Crippen LogP contribution < -0.4 is 16.2 Å². The maximum atomic E-state index is 12.1. The van der Waals surface area contributed by atoms with Crippen molar-refractivity contribution in [3.63, 3.8) is 0 Å². The van der Waals surface area contributed by atoms with E-state index in [2.05, 4.69) is 16.2 Å². The Labute approximate surface area is 181 Å². The Kier molecular flexibility index (Phi) is 7.17. The fourth-order valence-electron chi connectivity index (χ4n) is 3.11. The molecule has 6 nitrogen and oxygen atoms in total. The first-order chi connectivity index (χ1) is 14.9. The van der Waals surface area contributed by atoms with Crippen LogP contribution >= 0.6 is 0 Å². The van der Waals surface area contributed by atoms with Crippen LogP contribution in [0.5, 0.6) is 0 Å². The second kappa shape index (κ2) is 10.2. The van der Waals surface area contributed by atoms with Gasteiger partial charge in [-0.3, -0.25) is 25.2 Å². The van der Waals surface area contributed by atoms with Crippen LogP contribution in [0.3, 0.4) is 0 Å². The van der Waals surface area contributed by atoms with Crippen LogP contribution in [0.1, 0.15) is 29.5 Å². The van der Waals surface area contributed by atoms with E-state index in [4.69, 9.17) is 0 Å². The van der Waals surface area contributed by atoms with Crippen LogP contribution in [-0.4, -0.2) is 17.7 Å². The molecule has 0 atom stereocenters. The number of hydrazine groups is 1. The maximum Gasteiger partial charge on any atom is 0.262 e. The number of nitrogens with one attached hydrogen (secondary N) is 3. The smallest absolute Gasteiger partial charge is 0.262 e. The second-order valence-electron chi connectivity index (χ2n) is 7.31. The van der Waals surface area contributed by atoms with Gasteiger partial charge in [0.25, 0.3) is 5.91 Å². The minimum atomic E-state index is -0.457. The van der Waals surface area contributed by atoms with E-state index >= 15 is 0 Å². The van der Waals surface area contributed by atoms with Crippen molar-refractivity contribution in [2.75, 3.05) is 5.32 Å². The highest BCUT2D eigenvalue weighted by Gasteiger charge is 2.09. The third-order valence-corrected chi connectivity index (χ3v) is 4.81. The number of amides is 3. The molecule has 0 radical (unpaired) electrons. The average molecular weight is 415 g/mol. The molecule has 0 aliphatic rings. The average Bonchev–Trinajstić information content (AvgIpc) is 2.77. The molecule has 3 amide bonds. The van der Waals surface area contributed by atoms with Crippen molar-refractivity contribution in [1.29, 1.82) is 0 Å². The summed E-state index contributed by atoms with van der Waals surface area (Å²) in [5.41, 5.74) is 8.29. The molecule has 6 heteroatoms. The molecule has 3 aromatic rings. The Morgan fingerprint density at radius 2 is 1.58 bits per heavy atom. The summed E-state index contributed by atoms with van der Waals surface area (Å²) in [4.78, 5) is 36.1. The van der Waals surface area contributed by atoms with Crippen LogP contribution in [0.25, 0.3) is 16.8 Å². The highest BCUT2D eigenvalue weighted by atomic mass is 16.2. The van der Waals surface area contributed by atoms with Crippen molar-refractivity contribution in [2.45, 2.75) is 26.7 Å². The topological polar surface area (TPSA) is 87.3 Å². The molecule has 3 rings (SSSR count). The van der Waals surface area contributed by atoms with Crippen molar-refractivity contribution in [3.8, 4) is 0 Å². The fraction of sp³-hybridized carbons (Fsp3) is 0.160. The predicted molar refractivity (Wildman–Crippen MR) is 123 cm³/mol. The van der Waals surface area contributed by atoms with Crippen LogP contribution in [0.4, 0.5) is 5.69 Å². The molecule has 0 bridgehead atoms. The lowest BCUT2D eigenvalue weighted by atomic mass is 10.0. The Morgan fingerprint density at radius 1 is 0.839 bits per heavy atom. The van der Waals surface area contributed by atoms with Gasteiger partial charge in [-0.25, -0.2) is 0 Å². The van der Waals surface area contributed by atoms with Crippen molar-refractivity contribution in [1.82, 2.24) is 10.9 Å². The Balaban J connectivity index is 1.45. The van der Waals surface area contributed by atoms with Gasteiger partial charge in [0.15, 0.2) is 0 Å². The van der Waals surface area contributed by atoms with Gasteiger partial charge >= 0.3 is 0 Å². The second-order valence-corrected chi connectivity index (χ2v) is 7.31. The largest absolute Gasteiger partial charge is 0.326 e. The first-order valence-electron chi connectivity index (χ1n) is 10.0. The summed E-state index contributed by atoms with van der Waals surface area (Å²) < 4.78 is 0. The Hall–Kier alpha value is -3.93. The lowest BCUT2D eigenvalue weighted by Gasteiger charge is -2.09. The molecule has 0 aliphatic heterocycles. The molecule has 3 N–H and O–H groups in total. The van der Waals surface area contributed by atoms with E-state index in [-0.39, 0.29) is 18.7 Å². The number of carbonyl (C=O) groups is 3. The van der Waals surface area contributed by atoms with Gasteiger partial charge in [-0.1, -0.05) is 54.6 Å². The van der Waals surface area contributed by atoms with Gasteiger partial charge in [-0.2, -0.15) is 0 Å². The zero-order valence-electron chi connectivity index (χ0n) is 17.6. The molecule has 0 heterocycles. The highest BCUT2D eigenvalue weighted by Crippen LogP contribution is 2.19. The monoisotopic (exact) mass is 415 g/mol. The molecule has 31 heavy (non-hydrogen) atoms. The van der Waals surface area contributed by atoms with Crippen LogP contribution in [-0.2, 0) is 14.4 Å². The van der Waals surface area contributed by atoms with E-state index in [9.17, 15) is 14.4 Å². The van der Waals surface area contributed by atoms with E-state index in [0.29, 0.717) is 0 Å². The Morgan fingerprint density at radius 3 is 2.42 bits per heavy atom. The molecule has 0 fully saturated rings. The summed E-state index contributed by atoms with van der Waals surface area (Å²) >= 11 is 0. The predicted octanol–water partition coefficient (Wildman–Crippen LogP) is 4.04. The molecule has 0 unspecified atom stereocenters. The third-order valence-electron chi connectivity index (χ3n) is 4.81. The first-order valence-corrected chi connectivity index (χ1v) is 10.0. The van der Waals surface area contributed by atoms with E-state index in [1.54, 1.807) is 6.08 Å². The quantitative estimate of drug-likeness (QED) is 0.419. The summed E-state index contributed by atoms with van der Waals surface area (Å²) in [6.07, 6.45) is 3.03. The van der Waals surface area contributed by atoms with E-state index in [1.165, 1.54) is 6.08 Å². The van der Waals surface area contributed by atoms with Crippen molar-refractivity contribution < 1.29 is 14.4 Å². The van der Waals surface area contributed by atoms with Gasteiger partial charge in [0.1, 0.15) is 0 Å². The number of carbonyl (C=O) groups excluding carboxylic acids is 3. The van der Waals surface area contributed by atoms with Gasteiger partial charge in [0, 0.05) is 24.6 Å². The third kappa shape index (κ3) is 6.27. The molecule has 0 aliphatic carbocycles. The van der Waals surface area contributed by atoms with E-state index in [1.807, 2.05) is 74.5 Å². The molecule has 158 valence electrons. The van der Waals surface area contributed by atoms with Gasteiger partial charge in [-0.05, 0) is 53.5 Å². The van der Waals surface area contributed by atoms with Crippen molar-refractivity contribution in [3.05, 3.63) is 83.4 Å². The minimum Gasteiger partial charge on any atom is -0.326 e. The summed E-state index contributed by atoms with van der Waals surface area (Å²) in [6, 6.07) is 19.5. The molecule has 0 spiro atoms. The first kappa shape index (κ1) is 21.8. The SMILES string of the molecule is Cc1ccc(C)c(NC(=O)CCC(=O)NNC(=O)C=Cc2cccc3ccccc23)c1. The van der Waals surface area contributed by atoms with Gasteiger partial charge in [-0.15, -0.1) is 0 Å². The number of anilines is 1. The lowest BCUT2D eigenvalue weighted by molar-refractivity contribution is -0.128. The minimum absolute atomic E-state index is 0.0148. The fourth-order valence-corrected chi connectivity index (χ4v) is 3.11. The number of hydrogen-bond donors (Lipinski definition) is 3. The van der Waals surface area contributed by atoms with E-state index < -0.39 is 11.8 Å². The highest BCUT2D eigenvalue weighted by molar-refractivity contribution is 5.98. The lowest BCUT2D eigenvalue weighted by Crippen LogP contribution is -2.41. The summed E-state index contributed by atoms with van der Waals surface area (Å²) in [5, 5.41) is 4.92. The molecule has 3 aromatic carbocycles. The molecular formula is C25H25N3O3. The van der Waals surface area contributed by atoms with Crippen LogP contribution in [0.15, 0.2) is 66.7 Å². The zero-order valence-corrected chi connectivity index (χ0v) is 17.6. The zero-order chi connectivity index (χ0) is 22.2. The number of rotatable bonds is 6. The molecule has 0 saturated heterocycles. The number of aryl methyl sites for hydroxylation is 2. The summed E-state index contributed by atoms with van der Waals surface area (Å²) in [5.74, 6) is -1.16. The number of hydrogen-bond acceptors (Lipinski definition) is 3. The van der Waals surface area contributed by atoms with Gasteiger partial charge in [0.05, 0.1) is 0 Å². The molecule has 0 aromatic heterocycles. The van der Waals surface area contributed by atoms with Gasteiger partial charge in [0.2, 0.25) is 11.8 Å². The van der Waals surface area contributed by atoms with Crippen molar-refractivity contribution >= 4 is 40.3 Å². The van der Waals surface area contributed by atoms with Crippen LogP contribution in [0.2, 0.25) is 0 Å². The summed E-state index contributed by atoms with van der Waals surface area (Å²) in [6.45, 7) is 3.85. The van der Waals surface area contributed by atoms with E-state index in [0.717, 1.165) is 33.2 Å². The van der Waals surface area contributed by atoms with Gasteiger partial charge < -0.3 is 5.32 Å². The summed E-state index contributed by atoms with van der Waals surface area (Å²) in [7, 11) is 0. The standard InChI is InChI=1S/C25H25N3O3/c1-17-10-11-18(2)22(16-17)26-23(29)14-15-25(31)28-27-24(30)13-12-20-8-5-7-19-6-3-4-9-21(19)20/h3-13,16H,14-15H2,1-2H3,(H,26,29)(H,27,30)(H,28,31). The molecule has 0 saturated carbocycles. The van der Waals surface area contributed by atoms with Crippen molar-refractivity contribution in [2.24, 2.45) is 0 Å². The van der Waals surface area contributed by atoms with Crippen LogP contribution in [0, 0.1) is 13.8 Å². The maximum absolute atomic E-state index is 12.1.